The number of aromatic nitrogens is 1. The molecule has 7 heteroatoms. The number of halogens is 1. The zero-order chi connectivity index (χ0) is 17.8. The second-order valence-corrected chi connectivity index (χ2v) is 6.82. The lowest BCUT2D eigenvalue weighted by molar-refractivity contribution is 0.123. The maximum Gasteiger partial charge on any atom is 0.232 e. The number of anilines is 1. The molecular weight excluding hydrogens is 338 g/mol. The molecule has 1 fully saturated rings. The van der Waals surface area contributed by atoms with Crippen molar-refractivity contribution in [2.24, 2.45) is 0 Å². The van der Waals surface area contributed by atoms with Crippen molar-refractivity contribution < 1.29 is 4.42 Å². The molecule has 0 saturated carbocycles. The Bertz CT molecular complexity index is 744. The second-order valence-electron chi connectivity index (χ2n) is 6.38. The zero-order valence-corrected chi connectivity index (χ0v) is 15.3. The Morgan fingerprint density at radius 3 is 2.60 bits per heavy atom. The van der Waals surface area contributed by atoms with Crippen LogP contribution in [0.1, 0.15) is 12.6 Å². The topological polar surface area (TPSA) is 68.3 Å². The first kappa shape index (κ1) is 17.7. The molecule has 0 radical (unpaired) electrons. The summed E-state index contributed by atoms with van der Waals surface area (Å²) in [7, 11) is 2.15. The van der Waals surface area contributed by atoms with Crippen LogP contribution in [-0.4, -0.2) is 60.6 Å². The quantitative estimate of drug-likeness (QED) is 0.885. The average Bonchev–Trinajstić information content (AvgIpc) is 3.04. The highest BCUT2D eigenvalue weighted by molar-refractivity contribution is 6.30. The van der Waals surface area contributed by atoms with Crippen LogP contribution in [0.4, 0.5) is 5.88 Å². The zero-order valence-electron chi connectivity index (χ0n) is 14.5. The van der Waals surface area contributed by atoms with Gasteiger partial charge in [-0.25, -0.2) is 0 Å². The molecule has 1 aliphatic rings. The first-order chi connectivity index (χ1) is 12.1. The molecule has 0 unspecified atom stereocenters. The second kappa shape index (κ2) is 7.87. The first-order valence-corrected chi connectivity index (χ1v) is 8.78. The molecule has 25 heavy (non-hydrogen) atoms. The molecule has 1 aromatic heterocycles. The Kier molecular flexibility index (Phi) is 5.59. The predicted octanol–water partition coefficient (Wildman–Crippen LogP) is 2.91. The normalized spacial score (nSPS) is 17.2. The lowest BCUT2D eigenvalue weighted by atomic mass is 10.2. The molecular formula is C18H22ClN5O. The Morgan fingerprint density at radius 1 is 1.28 bits per heavy atom. The number of rotatable bonds is 5. The lowest BCUT2D eigenvalue weighted by Crippen LogP contribution is -2.49. The number of benzene rings is 1. The van der Waals surface area contributed by atoms with Crippen LogP contribution in [0.5, 0.6) is 0 Å². The van der Waals surface area contributed by atoms with Crippen LogP contribution in [0.2, 0.25) is 5.02 Å². The molecule has 1 aliphatic heterocycles. The van der Waals surface area contributed by atoms with E-state index in [9.17, 15) is 5.26 Å². The van der Waals surface area contributed by atoms with E-state index in [0.717, 1.165) is 31.7 Å². The van der Waals surface area contributed by atoms with Crippen molar-refractivity contribution in [2.75, 3.05) is 45.1 Å². The van der Waals surface area contributed by atoms with E-state index in [1.54, 1.807) is 12.1 Å². The van der Waals surface area contributed by atoms with Crippen molar-refractivity contribution in [3.05, 3.63) is 35.0 Å². The van der Waals surface area contributed by atoms with E-state index < -0.39 is 0 Å². The third kappa shape index (κ3) is 4.31. The Labute approximate surface area is 153 Å². The standard InChI is InChI=1S/C18H22ClN5O/c1-13(24-9-7-23(2)8-10-24)12-21-18-16(11-20)22-17(25-18)14-3-5-15(19)6-4-14/h3-6,13,21H,7-10,12H2,1-2H3/t13-/m0/s1. The van der Waals surface area contributed by atoms with Gasteiger partial charge in [0, 0.05) is 49.4 Å². The van der Waals surface area contributed by atoms with Gasteiger partial charge in [0.05, 0.1) is 0 Å². The summed E-state index contributed by atoms with van der Waals surface area (Å²) >= 11 is 5.91. The van der Waals surface area contributed by atoms with Gasteiger partial charge in [-0.2, -0.15) is 10.2 Å². The average molecular weight is 360 g/mol. The Morgan fingerprint density at radius 2 is 1.96 bits per heavy atom. The fraction of sp³-hybridized carbons (Fsp3) is 0.444. The Balaban J connectivity index is 1.66. The van der Waals surface area contributed by atoms with Crippen molar-refractivity contribution >= 4 is 17.5 Å². The summed E-state index contributed by atoms with van der Waals surface area (Å²) in [5, 5.41) is 13.2. The number of hydrogen-bond acceptors (Lipinski definition) is 6. The Hall–Kier alpha value is -2.07. The summed E-state index contributed by atoms with van der Waals surface area (Å²) in [5.74, 6) is 0.844. The smallest absolute Gasteiger partial charge is 0.232 e. The number of nitrogens with zero attached hydrogens (tertiary/aromatic N) is 4. The predicted molar refractivity (Wildman–Crippen MR) is 98.7 cm³/mol. The van der Waals surface area contributed by atoms with Crippen LogP contribution in [0.15, 0.2) is 28.7 Å². The highest BCUT2D eigenvalue weighted by atomic mass is 35.5. The third-order valence-electron chi connectivity index (χ3n) is 4.54. The molecule has 1 saturated heterocycles. The molecule has 132 valence electrons. The van der Waals surface area contributed by atoms with E-state index in [-0.39, 0.29) is 5.69 Å². The molecule has 2 aromatic rings. The molecule has 1 N–H and O–H groups in total. The minimum atomic E-state index is 0.274. The molecule has 0 spiro atoms. The summed E-state index contributed by atoms with van der Waals surface area (Å²) < 4.78 is 5.77. The lowest BCUT2D eigenvalue weighted by Gasteiger charge is -2.36. The van der Waals surface area contributed by atoms with Crippen LogP contribution in [-0.2, 0) is 0 Å². The van der Waals surface area contributed by atoms with Gasteiger partial charge in [-0.1, -0.05) is 11.6 Å². The molecule has 0 bridgehead atoms. The van der Waals surface area contributed by atoms with Crippen molar-refractivity contribution in [1.82, 2.24) is 14.8 Å². The van der Waals surface area contributed by atoms with E-state index in [1.165, 1.54) is 0 Å². The number of nitrogens with one attached hydrogen (secondary N) is 1. The maximum atomic E-state index is 9.32. The monoisotopic (exact) mass is 359 g/mol. The van der Waals surface area contributed by atoms with Gasteiger partial charge in [0.15, 0.2) is 0 Å². The molecule has 3 rings (SSSR count). The molecule has 1 atom stereocenters. The number of likely N-dealkylation sites (N-methyl/N-ethyl adjacent to an activating group) is 1. The van der Waals surface area contributed by atoms with Gasteiger partial charge < -0.3 is 14.6 Å². The van der Waals surface area contributed by atoms with E-state index in [1.807, 2.05) is 12.1 Å². The van der Waals surface area contributed by atoms with Crippen LogP contribution in [0.25, 0.3) is 11.5 Å². The molecule has 0 amide bonds. The van der Waals surface area contributed by atoms with Gasteiger partial charge >= 0.3 is 0 Å². The minimum absolute atomic E-state index is 0.274. The largest absolute Gasteiger partial charge is 0.419 e. The van der Waals surface area contributed by atoms with E-state index in [2.05, 4.69) is 40.1 Å². The van der Waals surface area contributed by atoms with Gasteiger partial charge in [-0.3, -0.25) is 4.90 Å². The number of hydrogen-bond donors (Lipinski definition) is 1. The van der Waals surface area contributed by atoms with Crippen LogP contribution < -0.4 is 5.32 Å². The summed E-state index contributed by atoms with van der Waals surface area (Å²) in [5.41, 5.74) is 1.07. The van der Waals surface area contributed by atoms with Gasteiger partial charge in [-0.15, -0.1) is 0 Å². The van der Waals surface area contributed by atoms with Gasteiger partial charge in [0.25, 0.3) is 0 Å². The number of oxazole rings is 1. The van der Waals surface area contributed by atoms with E-state index >= 15 is 0 Å². The van der Waals surface area contributed by atoms with Crippen LogP contribution in [0, 0.1) is 11.3 Å². The molecule has 0 aliphatic carbocycles. The van der Waals surface area contributed by atoms with Crippen molar-refractivity contribution in [3.63, 3.8) is 0 Å². The number of piperazine rings is 1. The molecule has 6 nitrogen and oxygen atoms in total. The van der Waals surface area contributed by atoms with Crippen molar-refractivity contribution in [2.45, 2.75) is 13.0 Å². The highest BCUT2D eigenvalue weighted by Crippen LogP contribution is 2.26. The van der Waals surface area contributed by atoms with Crippen LogP contribution in [0.3, 0.4) is 0 Å². The summed E-state index contributed by atoms with van der Waals surface area (Å²) in [6.07, 6.45) is 0. The van der Waals surface area contributed by atoms with Gasteiger partial charge in [0.2, 0.25) is 17.5 Å². The summed E-state index contributed by atoms with van der Waals surface area (Å²) in [6, 6.07) is 9.64. The maximum absolute atomic E-state index is 9.32. The SMILES string of the molecule is C[C@@H](CNc1oc(-c2ccc(Cl)cc2)nc1C#N)N1CCN(C)CC1. The minimum Gasteiger partial charge on any atom is -0.419 e. The number of nitriles is 1. The van der Waals surface area contributed by atoms with E-state index in [4.69, 9.17) is 16.0 Å². The summed E-state index contributed by atoms with van der Waals surface area (Å²) in [4.78, 5) is 9.05. The molecule has 2 heterocycles. The first-order valence-electron chi connectivity index (χ1n) is 8.40. The highest BCUT2D eigenvalue weighted by Gasteiger charge is 2.20. The molecule has 1 aromatic carbocycles. The van der Waals surface area contributed by atoms with Crippen molar-refractivity contribution in [1.29, 1.82) is 5.26 Å². The van der Waals surface area contributed by atoms with Crippen LogP contribution >= 0.6 is 11.6 Å². The fourth-order valence-electron chi connectivity index (χ4n) is 2.86. The fourth-order valence-corrected chi connectivity index (χ4v) is 2.99. The third-order valence-corrected chi connectivity index (χ3v) is 4.80. The van der Waals surface area contributed by atoms with Crippen molar-refractivity contribution in [3.8, 4) is 17.5 Å². The van der Waals surface area contributed by atoms with E-state index in [0.29, 0.717) is 29.4 Å². The summed E-state index contributed by atoms with van der Waals surface area (Å²) in [6.45, 7) is 7.15. The van der Waals surface area contributed by atoms with Gasteiger partial charge in [0.1, 0.15) is 6.07 Å². The van der Waals surface area contributed by atoms with Gasteiger partial charge in [-0.05, 0) is 38.2 Å².